The molecule has 96 valence electrons. The first-order valence-corrected chi connectivity index (χ1v) is 5.86. The van der Waals surface area contributed by atoms with E-state index in [1.807, 2.05) is 38.1 Å². The molecule has 0 saturated carbocycles. The van der Waals surface area contributed by atoms with Gasteiger partial charge in [-0.15, -0.1) is 5.10 Å². The first-order valence-electron chi connectivity index (χ1n) is 5.86. The molecule has 0 aliphatic rings. The highest BCUT2D eigenvalue weighted by molar-refractivity contribution is 5.63. The molecule has 18 heavy (non-hydrogen) atoms. The molecule has 1 N–H and O–H groups in total. The van der Waals surface area contributed by atoms with Crippen LogP contribution in [0.2, 0.25) is 0 Å². The van der Waals surface area contributed by atoms with Crippen molar-refractivity contribution in [2.24, 2.45) is 0 Å². The van der Waals surface area contributed by atoms with E-state index in [-0.39, 0.29) is 12.6 Å². The van der Waals surface area contributed by atoms with Crippen molar-refractivity contribution in [2.75, 3.05) is 7.11 Å². The van der Waals surface area contributed by atoms with Gasteiger partial charge in [-0.1, -0.05) is 17.3 Å². The molecule has 2 aromatic rings. The van der Waals surface area contributed by atoms with Crippen LogP contribution in [-0.4, -0.2) is 27.2 Å². The van der Waals surface area contributed by atoms with Crippen LogP contribution in [0.5, 0.6) is 5.75 Å². The molecule has 0 aliphatic carbocycles. The molecule has 1 aromatic heterocycles. The summed E-state index contributed by atoms with van der Waals surface area (Å²) in [5.74, 6) is 0.771. The monoisotopic (exact) mass is 247 g/mol. The number of aromatic nitrogens is 3. The van der Waals surface area contributed by atoms with Crippen LogP contribution >= 0.6 is 0 Å². The van der Waals surface area contributed by atoms with E-state index in [2.05, 4.69) is 10.3 Å². The van der Waals surface area contributed by atoms with E-state index in [0.717, 1.165) is 17.0 Å². The van der Waals surface area contributed by atoms with Crippen LogP contribution in [0, 0.1) is 0 Å². The number of hydrogen-bond donors (Lipinski definition) is 1. The van der Waals surface area contributed by atoms with E-state index in [0.29, 0.717) is 5.69 Å². The summed E-state index contributed by atoms with van der Waals surface area (Å²) in [7, 11) is 1.63. The predicted molar refractivity (Wildman–Crippen MR) is 68.3 cm³/mol. The number of methoxy groups -OCH3 is 1. The zero-order valence-corrected chi connectivity index (χ0v) is 10.8. The van der Waals surface area contributed by atoms with E-state index >= 15 is 0 Å². The average molecular weight is 247 g/mol. The van der Waals surface area contributed by atoms with Gasteiger partial charge in [-0.05, 0) is 26.0 Å². The molecule has 1 aromatic carbocycles. The number of benzene rings is 1. The minimum atomic E-state index is -0.126. The van der Waals surface area contributed by atoms with Gasteiger partial charge >= 0.3 is 0 Å². The zero-order valence-electron chi connectivity index (χ0n) is 10.8. The third-order valence-electron chi connectivity index (χ3n) is 2.75. The standard InChI is InChI=1S/C13H17N3O2/c1-9(2)16-13(12(8-17)14-15-16)10-5-4-6-11(7-10)18-3/h4-7,9,17H,8H2,1-3H3. The van der Waals surface area contributed by atoms with Crippen molar-refractivity contribution in [2.45, 2.75) is 26.5 Å². The Bertz CT molecular complexity index is 535. The van der Waals surface area contributed by atoms with Crippen LogP contribution in [0.4, 0.5) is 0 Å². The summed E-state index contributed by atoms with van der Waals surface area (Å²) in [6.07, 6.45) is 0. The molecule has 0 unspecified atom stereocenters. The molecule has 0 aliphatic heterocycles. The maximum absolute atomic E-state index is 9.35. The van der Waals surface area contributed by atoms with E-state index < -0.39 is 0 Å². The summed E-state index contributed by atoms with van der Waals surface area (Å²) < 4.78 is 7.02. The van der Waals surface area contributed by atoms with Crippen LogP contribution in [-0.2, 0) is 6.61 Å². The Hall–Kier alpha value is -1.88. The SMILES string of the molecule is COc1cccc(-c2c(CO)nnn2C(C)C)c1. The lowest BCUT2D eigenvalue weighted by molar-refractivity contribution is 0.277. The molecule has 0 bridgehead atoms. The molecule has 5 heteroatoms. The van der Waals surface area contributed by atoms with E-state index in [4.69, 9.17) is 4.74 Å². The Kier molecular flexibility index (Phi) is 3.62. The van der Waals surface area contributed by atoms with Crippen LogP contribution < -0.4 is 4.74 Å². The Morgan fingerprint density at radius 1 is 1.39 bits per heavy atom. The van der Waals surface area contributed by atoms with Crippen molar-refractivity contribution in [3.8, 4) is 17.0 Å². The maximum Gasteiger partial charge on any atom is 0.119 e. The molecule has 0 amide bonds. The van der Waals surface area contributed by atoms with Gasteiger partial charge in [-0.25, -0.2) is 4.68 Å². The summed E-state index contributed by atoms with van der Waals surface area (Å²) in [4.78, 5) is 0. The van der Waals surface area contributed by atoms with Gasteiger partial charge in [0.2, 0.25) is 0 Å². The van der Waals surface area contributed by atoms with Crippen molar-refractivity contribution < 1.29 is 9.84 Å². The van der Waals surface area contributed by atoms with Gasteiger partial charge in [-0.3, -0.25) is 0 Å². The Balaban J connectivity index is 2.57. The number of rotatable bonds is 4. The van der Waals surface area contributed by atoms with Gasteiger partial charge in [0.15, 0.2) is 0 Å². The average Bonchev–Trinajstić information content (AvgIpc) is 2.82. The Morgan fingerprint density at radius 2 is 2.17 bits per heavy atom. The van der Waals surface area contributed by atoms with Crippen LogP contribution in [0.15, 0.2) is 24.3 Å². The number of nitrogens with zero attached hydrogens (tertiary/aromatic N) is 3. The number of ether oxygens (including phenoxy) is 1. The van der Waals surface area contributed by atoms with E-state index in [1.54, 1.807) is 11.8 Å². The predicted octanol–water partition coefficient (Wildman–Crippen LogP) is 2.03. The molecular formula is C13H17N3O2. The van der Waals surface area contributed by atoms with E-state index in [9.17, 15) is 5.11 Å². The minimum absolute atomic E-state index is 0.126. The molecule has 0 radical (unpaired) electrons. The van der Waals surface area contributed by atoms with Gasteiger partial charge in [0, 0.05) is 11.6 Å². The largest absolute Gasteiger partial charge is 0.497 e. The molecule has 2 rings (SSSR count). The minimum Gasteiger partial charge on any atom is -0.497 e. The molecule has 0 saturated heterocycles. The molecular weight excluding hydrogens is 230 g/mol. The van der Waals surface area contributed by atoms with Crippen molar-refractivity contribution in [3.05, 3.63) is 30.0 Å². The molecule has 0 spiro atoms. The molecule has 0 atom stereocenters. The normalized spacial score (nSPS) is 10.9. The summed E-state index contributed by atoms with van der Waals surface area (Å²) in [5, 5.41) is 17.4. The zero-order chi connectivity index (χ0) is 13.1. The summed E-state index contributed by atoms with van der Waals surface area (Å²) in [6.45, 7) is 3.93. The van der Waals surface area contributed by atoms with Gasteiger partial charge in [0.05, 0.1) is 19.4 Å². The first-order chi connectivity index (χ1) is 8.67. The quantitative estimate of drug-likeness (QED) is 0.898. The third kappa shape index (κ3) is 2.22. The molecule has 1 heterocycles. The second-order valence-corrected chi connectivity index (χ2v) is 4.31. The smallest absolute Gasteiger partial charge is 0.119 e. The fourth-order valence-electron chi connectivity index (χ4n) is 1.86. The number of aliphatic hydroxyl groups excluding tert-OH is 1. The maximum atomic E-state index is 9.35. The van der Waals surface area contributed by atoms with Crippen LogP contribution in [0.25, 0.3) is 11.3 Å². The highest BCUT2D eigenvalue weighted by Gasteiger charge is 2.16. The summed E-state index contributed by atoms with van der Waals surface area (Å²) in [6, 6.07) is 7.84. The lowest BCUT2D eigenvalue weighted by Gasteiger charge is -2.11. The van der Waals surface area contributed by atoms with Gasteiger partial charge in [0.25, 0.3) is 0 Å². The van der Waals surface area contributed by atoms with Crippen molar-refractivity contribution >= 4 is 0 Å². The Morgan fingerprint density at radius 3 is 2.78 bits per heavy atom. The molecule has 0 fully saturated rings. The fraction of sp³-hybridized carbons (Fsp3) is 0.385. The van der Waals surface area contributed by atoms with Gasteiger partial charge in [0.1, 0.15) is 11.4 Å². The van der Waals surface area contributed by atoms with E-state index in [1.165, 1.54) is 0 Å². The van der Waals surface area contributed by atoms with Crippen LogP contribution in [0.1, 0.15) is 25.6 Å². The first kappa shape index (κ1) is 12.6. The lowest BCUT2D eigenvalue weighted by atomic mass is 10.1. The molecule has 5 nitrogen and oxygen atoms in total. The summed E-state index contributed by atoms with van der Waals surface area (Å²) in [5.41, 5.74) is 2.36. The number of hydrogen-bond acceptors (Lipinski definition) is 4. The lowest BCUT2D eigenvalue weighted by Crippen LogP contribution is -2.05. The van der Waals surface area contributed by atoms with Crippen molar-refractivity contribution in [3.63, 3.8) is 0 Å². The van der Waals surface area contributed by atoms with Crippen molar-refractivity contribution in [1.82, 2.24) is 15.0 Å². The fourth-order valence-corrected chi connectivity index (χ4v) is 1.86. The van der Waals surface area contributed by atoms with Crippen LogP contribution in [0.3, 0.4) is 0 Å². The summed E-state index contributed by atoms with van der Waals surface area (Å²) >= 11 is 0. The third-order valence-corrected chi connectivity index (χ3v) is 2.75. The second-order valence-electron chi connectivity index (χ2n) is 4.31. The Labute approximate surface area is 106 Å². The highest BCUT2D eigenvalue weighted by Crippen LogP contribution is 2.27. The number of aliphatic hydroxyl groups is 1. The second kappa shape index (κ2) is 5.18. The van der Waals surface area contributed by atoms with Crippen molar-refractivity contribution in [1.29, 1.82) is 0 Å². The highest BCUT2D eigenvalue weighted by atomic mass is 16.5. The van der Waals surface area contributed by atoms with Gasteiger partial charge < -0.3 is 9.84 Å². The van der Waals surface area contributed by atoms with Gasteiger partial charge in [-0.2, -0.15) is 0 Å². The topological polar surface area (TPSA) is 60.2 Å².